The van der Waals surface area contributed by atoms with Gasteiger partial charge in [0, 0.05) is 59.4 Å². The van der Waals surface area contributed by atoms with Crippen molar-refractivity contribution in [1.29, 1.82) is 0 Å². The highest BCUT2D eigenvalue weighted by atomic mass is 32.1. The van der Waals surface area contributed by atoms with E-state index < -0.39 is 0 Å². The normalized spacial score (nSPS) is 16.3. The summed E-state index contributed by atoms with van der Waals surface area (Å²) in [7, 11) is 0. The van der Waals surface area contributed by atoms with E-state index in [0.717, 1.165) is 0 Å². The second-order valence-corrected chi connectivity index (χ2v) is 17.1. The van der Waals surface area contributed by atoms with Crippen molar-refractivity contribution in [3.8, 4) is 39.7 Å². The molecular formula is C32H26S5. The fourth-order valence-corrected chi connectivity index (χ4v) is 12.9. The third-order valence-corrected chi connectivity index (χ3v) is 14.4. The first-order valence-corrected chi connectivity index (χ1v) is 16.8. The molecule has 37 heavy (non-hydrogen) atoms. The lowest BCUT2D eigenvalue weighted by Gasteiger charge is -2.23. The van der Waals surface area contributed by atoms with Gasteiger partial charge in [-0.3, -0.25) is 0 Å². The second kappa shape index (κ2) is 7.34. The lowest BCUT2D eigenvalue weighted by molar-refractivity contribution is 0.664. The summed E-state index contributed by atoms with van der Waals surface area (Å²) in [6.45, 7) is 14.2. The first-order valence-electron chi connectivity index (χ1n) is 12.7. The highest BCUT2D eigenvalue weighted by Gasteiger charge is 2.44. The Kier molecular flexibility index (Phi) is 4.54. The van der Waals surface area contributed by atoms with Crippen molar-refractivity contribution in [1.82, 2.24) is 0 Å². The summed E-state index contributed by atoms with van der Waals surface area (Å²) in [6, 6.07) is 18.9. The predicted molar refractivity (Wildman–Crippen MR) is 169 cm³/mol. The van der Waals surface area contributed by atoms with E-state index in [1.165, 1.54) is 70.7 Å². The van der Waals surface area contributed by atoms with Crippen molar-refractivity contribution in [3.05, 3.63) is 80.5 Å². The van der Waals surface area contributed by atoms with Crippen LogP contribution in [0.5, 0.6) is 0 Å². The van der Waals surface area contributed by atoms with Crippen molar-refractivity contribution in [2.24, 2.45) is 0 Å². The van der Waals surface area contributed by atoms with E-state index in [2.05, 4.69) is 101 Å². The van der Waals surface area contributed by atoms with Crippen molar-refractivity contribution in [2.75, 3.05) is 0 Å². The molecular weight excluding hydrogens is 545 g/mol. The van der Waals surface area contributed by atoms with Gasteiger partial charge >= 0.3 is 0 Å². The van der Waals surface area contributed by atoms with Crippen molar-refractivity contribution in [2.45, 2.75) is 52.4 Å². The Morgan fingerprint density at radius 3 is 1.95 bits per heavy atom. The summed E-state index contributed by atoms with van der Waals surface area (Å²) in [4.78, 5) is 12.8. The molecule has 0 N–H and O–H groups in total. The average molecular weight is 571 g/mol. The van der Waals surface area contributed by atoms with Gasteiger partial charge in [0.25, 0.3) is 0 Å². The fraction of sp³-hybridized carbons (Fsp3) is 0.250. The molecule has 184 valence electrons. The molecule has 0 atom stereocenters. The molecule has 6 aromatic rings. The van der Waals surface area contributed by atoms with E-state index in [1.54, 1.807) is 11.1 Å². The Bertz CT molecular complexity index is 1910. The molecule has 0 nitrogen and oxygen atoms in total. The van der Waals surface area contributed by atoms with Gasteiger partial charge < -0.3 is 0 Å². The van der Waals surface area contributed by atoms with Gasteiger partial charge in [0.2, 0.25) is 0 Å². The Balaban J connectivity index is 1.30. The fourth-order valence-electron chi connectivity index (χ4n) is 6.51. The van der Waals surface area contributed by atoms with Gasteiger partial charge in [0.05, 0.1) is 0 Å². The smallest absolute Gasteiger partial charge is 0.0499 e. The molecule has 5 aromatic heterocycles. The number of rotatable bonds is 2. The highest BCUT2D eigenvalue weighted by molar-refractivity contribution is 7.30. The summed E-state index contributed by atoms with van der Waals surface area (Å²) >= 11 is 9.83. The molecule has 1 aromatic carbocycles. The molecule has 0 saturated carbocycles. The zero-order valence-corrected chi connectivity index (χ0v) is 25.7. The minimum absolute atomic E-state index is 0.0149. The monoisotopic (exact) mass is 570 g/mol. The second-order valence-electron chi connectivity index (χ2n) is 11.4. The van der Waals surface area contributed by atoms with Crippen LogP contribution in [0.2, 0.25) is 0 Å². The van der Waals surface area contributed by atoms with Gasteiger partial charge in [-0.25, -0.2) is 0 Å². The van der Waals surface area contributed by atoms with Crippen LogP contribution in [0.25, 0.3) is 49.8 Å². The quantitative estimate of drug-likeness (QED) is 0.194. The van der Waals surface area contributed by atoms with Crippen LogP contribution in [0, 0.1) is 13.8 Å². The molecule has 0 radical (unpaired) electrons. The van der Waals surface area contributed by atoms with Crippen LogP contribution in [0.4, 0.5) is 0 Å². The summed E-state index contributed by atoms with van der Waals surface area (Å²) in [5, 5.41) is 1.47. The topological polar surface area (TPSA) is 0 Å². The SMILES string of the molecule is Cc1ccc(-c2ccc(-c3cc4c(s3)-c3sc5c6c(ccc5c3C4(C)C)-c3sc(C)cc3C6(C)C)s2)s1. The number of hydrogen-bond acceptors (Lipinski definition) is 5. The third kappa shape index (κ3) is 2.93. The standard InChI is InChI=1S/C32H26S5/c1-15-7-10-21(33-15)22-11-12-23(35-22)24-14-20-29(36-24)30-26(32(20,5)6)18-9-8-17-25(28(18)37-30)31(3,4)19-13-16(2)34-27(17)19/h7-14H,1-6H3. The van der Waals surface area contributed by atoms with E-state index in [1.807, 2.05) is 45.3 Å². The maximum absolute atomic E-state index is 2.49. The lowest BCUT2D eigenvalue weighted by Crippen LogP contribution is -2.16. The number of hydrogen-bond donors (Lipinski definition) is 0. The van der Waals surface area contributed by atoms with Crippen LogP contribution >= 0.6 is 56.7 Å². The predicted octanol–water partition coefficient (Wildman–Crippen LogP) is 11.7. The summed E-state index contributed by atoms with van der Waals surface area (Å²) < 4.78 is 1.51. The van der Waals surface area contributed by atoms with Crippen molar-refractivity contribution >= 4 is 66.8 Å². The lowest BCUT2D eigenvalue weighted by atomic mass is 9.79. The maximum atomic E-state index is 2.49. The molecule has 2 aliphatic rings. The van der Waals surface area contributed by atoms with Gasteiger partial charge in [0.15, 0.2) is 0 Å². The Morgan fingerprint density at radius 2 is 1.19 bits per heavy atom. The Hall–Kier alpha value is -2.02. The van der Waals surface area contributed by atoms with Crippen molar-refractivity contribution < 1.29 is 0 Å². The molecule has 0 fully saturated rings. The molecule has 0 amide bonds. The van der Waals surface area contributed by atoms with Crippen LogP contribution in [-0.4, -0.2) is 0 Å². The molecule has 5 heterocycles. The zero-order valence-electron chi connectivity index (χ0n) is 21.7. The van der Waals surface area contributed by atoms with Gasteiger partial charge in [-0.05, 0) is 83.4 Å². The first kappa shape index (κ1) is 22.9. The molecule has 0 bridgehead atoms. The van der Waals surface area contributed by atoms with E-state index in [-0.39, 0.29) is 10.8 Å². The first-order chi connectivity index (χ1) is 17.6. The number of fused-ring (bicyclic) bond motifs is 9. The molecule has 0 spiro atoms. The largest absolute Gasteiger partial charge is 0.140 e. The maximum Gasteiger partial charge on any atom is 0.0499 e. The minimum Gasteiger partial charge on any atom is -0.140 e. The molecule has 0 unspecified atom stereocenters. The number of aryl methyl sites for hydroxylation is 2. The minimum atomic E-state index is 0.0149. The Morgan fingerprint density at radius 1 is 0.514 bits per heavy atom. The van der Waals surface area contributed by atoms with E-state index in [0.29, 0.717) is 0 Å². The van der Waals surface area contributed by atoms with E-state index in [9.17, 15) is 0 Å². The molecule has 5 heteroatoms. The average Bonchev–Trinajstić information content (AvgIpc) is 3.66. The molecule has 8 rings (SSSR count). The Labute approximate surface area is 237 Å². The zero-order chi connectivity index (χ0) is 25.4. The highest BCUT2D eigenvalue weighted by Crippen LogP contribution is 2.63. The third-order valence-electron chi connectivity index (χ3n) is 8.33. The molecule has 0 saturated heterocycles. The summed E-state index contributed by atoms with van der Waals surface area (Å²) in [5.41, 5.74) is 7.65. The van der Waals surface area contributed by atoms with Gasteiger partial charge in [0.1, 0.15) is 0 Å². The summed E-state index contributed by atoms with van der Waals surface area (Å²) in [6.07, 6.45) is 0. The van der Waals surface area contributed by atoms with E-state index in [4.69, 9.17) is 0 Å². The molecule has 2 aliphatic carbocycles. The van der Waals surface area contributed by atoms with Crippen molar-refractivity contribution in [3.63, 3.8) is 0 Å². The number of benzene rings is 1. The number of thiophene rings is 5. The van der Waals surface area contributed by atoms with Gasteiger partial charge in [-0.1, -0.05) is 39.8 Å². The van der Waals surface area contributed by atoms with Gasteiger partial charge in [-0.15, -0.1) is 56.7 Å². The van der Waals surface area contributed by atoms with Crippen LogP contribution in [-0.2, 0) is 10.8 Å². The summed E-state index contributed by atoms with van der Waals surface area (Å²) in [5.74, 6) is 0. The van der Waals surface area contributed by atoms with Gasteiger partial charge in [-0.2, -0.15) is 0 Å². The van der Waals surface area contributed by atoms with Crippen LogP contribution in [0.3, 0.4) is 0 Å². The van der Waals surface area contributed by atoms with E-state index >= 15 is 0 Å². The van der Waals surface area contributed by atoms with Crippen LogP contribution < -0.4 is 0 Å². The van der Waals surface area contributed by atoms with Crippen LogP contribution in [0.1, 0.15) is 59.7 Å². The van der Waals surface area contributed by atoms with Crippen LogP contribution in [0.15, 0.2) is 48.5 Å². The molecule has 0 aliphatic heterocycles.